The highest BCUT2D eigenvalue weighted by atomic mass is 15.4. The summed E-state index contributed by atoms with van der Waals surface area (Å²) in [5.41, 5.74) is 6.35. The summed E-state index contributed by atoms with van der Waals surface area (Å²) in [6.07, 6.45) is 5.20. The molecule has 1 fully saturated rings. The van der Waals surface area contributed by atoms with Crippen molar-refractivity contribution >= 4 is 5.96 Å². The number of guanidine groups is 1. The summed E-state index contributed by atoms with van der Waals surface area (Å²) in [5.74, 6) is 1.54. The van der Waals surface area contributed by atoms with E-state index in [1.807, 2.05) is 0 Å². The minimum atomic E-state index is 0.259. The second kappa shape index (κ2) is 4.84. The highest BCUT2D eigenvalue weighted by Gasteiger charge is 2.49. The van der Waals surface area contributed by atoms with Crippen LogP contribution < -0.4 is 5.73 Å². The van der Waals surface area contributed by atoms with Crippen LogP contribution in [0.4, 0.5) is 0 Å². The first-order valence-corrected chi connectivity index (χ1v) is 6.82. The molecule has 2 rings (SSSR count). The van der Waals surface area contributed by atoms with Crippen molar-refractivity contribution in [3.05, 3.63) is 0 Å². The smallest absolute Gasteiger partial charge is 0.191 e. The minimum Gasteiger partial charge on any atom is -0.370 e. The van der Waals surface area contributed by atoms with Crippen LogP contribution in [0.15, 0.2) is 4.99 Å². The summed E-state index contributed by atoms with van der Waals surface area (Å²) in [6, 6.07) is 0. The molecule has 2 aliphatic rings. The van der Waals surface area contributed by atoms with E-state index in [4.69, 9.17) is 5.73 Å². The van der Waals surface area contributed by atoms with Crippen molar-refractivity contribution in [2.45, 2.75) is 38.1 Å². The molecule has 1 spiro atoms. The average Bonchev–Trinajstić information content (AvgIpc) is 2.83. The van der Waals surface area contributed by atoms with Gasteiger partial charge in [0, 0.05) is 13.1 Å². The third-order valence-corrected chi connectivity index (χ3v) is 4.51. The molecular weight excluding hydrogens is 212 g/mol. The maximum atomic E-state index is 6.09. The molecule has 2 N–H and O–H groups in total. The minimum absolute atomic E-state index is 0.259. The summed E-state index contributed by atoms with van der Waals surface area (Å²) >= 11 is 0. The SMILES string of the molecule is CCC1CCCC12CN=C(N)N2CCN(C)C. The van der Waals surface area contributed by atoms with Gasteiger partial charge >= 0.3 is 0 Å². The van der Waals surface area contributed by atoms with E-state index in [1.54, 1.807) is 0 Å². The average molecular weight is 238 g/mol. The molecule has 4 heteroatoms. The van der Waals surface area contributed by atoms with Gasteiger partial charge in [0.05, 0.1) is 12.1 Å². The summed E-state index contributed by atoms with van der Waals surface area (Å²) in [4.78, 5) is 9.15. The van der Waals surface area contributed by atoms with Crippen LogP contribution in [0.2, 0.25) is 0 Å². The molecular formula is C13H26N4. The molecule has 4 nitrogen and oxygen atoms in total. The van der Waals surface area contributed by atoms with Gasteiger partial charge in [0.1, 0.15) is 0 Å². The molecule has 0 saturated heterocycles. The third kappa shape index (κ3) is 2.15. The van der Waals surface area contributed by atoms with E-state index in [0.29, 0.717) is 0 Å². The van der Waals surface area contributed by atoms with Gasteiger partial charge in [-0.15, -0.1) is 0 Å². The van der Waals surface area contributed by atoms with Gasteiger partial charge in [-0.2, -0.15) is 0 Å². The molecule has 1 aliphatic carbocycles. The fraction of sp³-hybridized carbons (Fsp3) is 0.923. The number of hydrogen-bond acceptors (Lipinski definition) is 4. The van der Waals surface area contributed by atoms with E-state index in [-0.39, 0.29) is 5.54 Å². The Morgan fingerprint density at radius 1 is 1.53 bits per heavy atom. The van der Waals surface area contributed by atoms with Crippen LogP contribution in [0.1, 0.15) is 32.6 Å². The Kier molecular flexibility index (Phi) is 3.61. The molecule has 2 atom stereocenters. The summed E-state index contributed by atoms with van der Waals surface area (Å²) in [6.45, 7) is 5.29. The van der Waals surface area contributed by atoms with Crippen molar-refractivity contribution < 1.29 is 0 Å². The van der Waals surface area contributed by atoms with Gasteiger partial charge in [0.25, 0.3) is 0 Å². The van der Waals surface area contributed by atoms with Crippen LogP contribution in [-0.4, -0.2) is 55.0 Å². The van der Waals surface area contributed by atoms with Gasteiger partial charge in [0.15, 0.2) is 5.96 Å². The summed E-state index contributed by atoms with van der Waals surface area (Å²) in [5, 5.41) is 0. The normalized spacial score (nSPS) is 32.8. The standard InChI is InChI=1S/C13H26N4/c1-4-11-6-5-7-13(11)10-15-12(14)17(13)9-8-16(2)3/h11H,4-10H2,1-3H3,(H2,14,15). The highest BCUT2D eigenvalue weighted by Crippen LogP contribution is 2.44. The lowest BCUT2D eigenvalue weighted by Crippen LogP contribution is -2.55. The Morgan fingerprint density at radius 2 is 2.29 bits per heavy atom. The molecule has 0 aromatic rings. The lowest BCUT2D eigenvalue weighted by atomic mass is 9.84. The fourth-order valence-electron chi connectivity index (χ4n) is 3.53. The van der Waals surface area contributed by atoms with Gasteiger partial charge in [-0.25, -0.2) is 0 Å². The van der Waals surface area contributed by atoms with E-state index in [9.17, 15) is 0 Å². The Labute approximate surface area is 105 Å². The molecule has 1 saturated carbocycles. The van der Waals surface area contributed by atoms with Gasteiger partial charge in [-0.05, 0) is 32.9 Å². The van der Waals surface area contributed by atoms with Gasteiger partial charge in [0.2, 0.25) is 0 Å². The van der Waals surface area contributed by atoms with Gasteiger partial charge in [-0.1, -0.05) is 19.8 Å². The van der Waals surface area contributed by atoms with Crippen molar-refractivity contribution in [3.63, 3.8) is 0 Å². The van der Waals surface area contributed by atoms with Crippen molar-refractivity contribution in [1.29, 1.82) is 0 Å². The molecule has 0 aromatic heterocycles. The quantitative estimate of drug-likeness (QED) is 0.798. The number of hydrogen-bond donors (Lipinski definition) is 1. The van der Waals surface area contributed by atoms with Gasteiger partial charge < -0.3 is 15.5 Å². The topological polar surface area (TPSA) is 44.9 Å². The van der Waals surface area contributed by atoms with Crippen LogP contribution in [0, 0.1) is 5.92 Å². The van der Waals surface area contributed by atoms with Crippen LogP contribution >= 0.6 is 0 Å². The zero-order valence-corrected chi connectivity index (χ0v) is 11.4. The Hall–Kier alpha value is -0.770. The predicted octanol–water partition coefficient (Wildman–Crippen LogP) is 1.13. The van der Waals surface area contributed by atoms with Crippen LogP contribution in [0.5, 0.6) is 0 Å². The van der Waals surface area contributed by atoms with Crippen molar-refractivity contribution in [2.75, 3.05) is 33.7 Å². The van der Waals surface area contributed by atoms with E-state index < -0.39 is 0 Å². The summed E-state index contributed by atoms with van der Waals surface area (Å²) < 4.78 is 0. The van der Waals surface area contributed by atoms with Crippen molar-refractivity contribution in [1.82, 2.24) is 9.80 Å². The fourth-order valence-corrected chi connectivity index (χ4v) is 3.53. The largest absolute Gasteiger partial charge is 0.370 e. The second-order valence-corrected chi connectivity index (χ2v) is 5.73. The first kappa shape index (κ1) is 12.7. The Morgan fingerprint density at radius 3 is 2.94 bits per heavy atom. The number of nitrogens with zero attached hydrogens (tertiary/aromatic N) is 3. The zero-order valence-electron chi connectivity index (χ0n) is 11.4. The van der Waals surface area contributed by atoms with E-state index >= 15 is 0 Å². The first-order chi connectivity index (χ1) is 8.10. The first-order valence-electron chi connectivity index (χ1n) is 6.82. The van der Waals surface area contributed by atoms with E-state index in [1.165, 1.54) is 25.7 Å². The Balaban J connectivity index is 2.11. The lowest BCUT2D eigenvalue weighted by molar-refractivity contribution is 0.134. The molecule has 17 heavy (non-hydrogen) atoms. The summed E-state index contributed by atoms with van der Waals surface area (Å²) in [7, 11) is 4.23. The second-order valence-electron chi connectivity index (χ2n) is 5.73. The molecule has 0 bridgehead atoms. The number of nitrogens with two attached hydrogens (primary N) is 1. The van der Waals surface area contributed by atoms with Crippen molar-refractivity contribution in [2.24, 2.45) is 16.6 Å². The number of likely N-dealkylation sites (N-methyl/N-ethyl adjacent to an activating group) is 1. The molecule has 0 amide bonds. The zero-order chi connectivity index (χ0) is 12.5. The third-order valence-electron chi connectivity index (χ3n) is 4.51. The van der Waals surface area contributed by atoms with Crippen LogP contribution in [-0.2, 0) is 0 Å². The van der Waals surface area contributed by atoms with Crippen LogP contribution in [0.3, 0.4) is 0 Å². The monoisotopic (exact) mass is 238 g/mol. The highest BCUT2D eigenvalue weighted by molar-refractivity contribution is 5.81. The molecule has 2 unspecified atom stereocenters. The number of aliphatic imine (C=N–C) groups is 1. The number of rotatable bonds is 4. The van der Waals surface area contributed by atoms with Crippen LogP contribution in [0.25, 0.3) is 0 Å². The van der Waals surface area contributed by atoms with E-state index in [2.05, 4.69) is 35.8 Å². The molecule has 0 aromatic carbocycles. The van der Waals surface area contributed by atoms with E-state index in [0.717, 1.165) is 31.5 Å². The maximum absolute atomic E-state index is 6.09. The molecule has 0 radical (unpaired) electrons. The predicted molar refractivity (Wildman–Crippen MR) is 72.1 cm³/mol. The molecule has 98 valence electrons. The lowest BCUT2D eigenvalue weighted by Gasteiger charge is -2.41. The van der Waals surface area contributed by atoms with Crippen molar-refractivity contribution in [3.8, 4) is 0 Å². The molecule has 1 aliphatic heterocycles. The molecule has 1 heterocycles. The Bertz CT molecular complexity index is 300. The maximum Gasteiger partial charge on any atom is 0.191 e. The van der Waals surface area contributed by atoms with Gasteiger partial charge in [-0.3, -0.25) is 4.99 Å².